The lowest BCUT2D eigenvalue weighted by atomic mass is 10.1. The van der Waals surface area contributed by atoms with Crippen molar-refractivity contribution in [1.29, 1.82) is 0 Å². The summed E-state index contributed by atoms with van der Waals surface area (Å²) >= 11 is 0. The van der Waals surface area contributed by atoms with Gasteiger partial charge in [-0.2, -0.15) is 0 Å². The van der Waals surface area contributed by atoms with Crippen LogP contribution in [0.3, 0.4) is 0 Å². The van der Waals surface area contributed by atoms with Crippen molar-refractivity contribution in [3.05, 3.63) is 0 Å². The maximum absolute atomic E-state index is 11.7. The Kier molecular flexibility index (Phi) is 5.21. The molecule has 92 valence electrons. The molecule has 1 saturated heterocycles. The number of carboxylic acid groups (broad SMARTS) is 1. The number of ether oxygens (including phenoxy) is 1. The average molecular weight is 230 g/mol. The molecule has 1 aliphatic rings. The van der Waals surface area contributed by atoms with Crippen molar-refractivity contribution < 1.29 is 19.4 Å². The van der Waals surface area contributed by atoms with Crippen LogP contribution in [-0.2, 0) is 14.3 Å². The van der Waals surface area contributed by atoms with Crippen LogP contribution in [0.15, 0.2) is 0 Å². The number of amides is 1. The van der Waals surface area contributed by atoms with Gasteiger partial charge in [0.25, 0.3) is 0 Å². The standard InChI is InChI=1S/C10H18N2O4/c1-7(2-3-9(13)14)12-10(15)8-6-16-5-4-11-8/h7-8,11H,2-6H2,1H3,(H,12,15)(H,13,14). The van der Waals surface area contributed by atoms with Gasteiger partial charge in [-0.15, -0.1) is 0 Å². The van der Waals surface area contributed by atoms with Gasteiger partial charge in [-0.05, 0) is 13.3 Å². The molecule has 2 atom stereocenters. The molecule has 2 unspecified atom stereocenters. The van der Waals surface area contributed by atoms with E-state index in [0.29, 0.717) is 26.2 Å². The zero-order chi connectivity index (χ0) is 12.0. The lowest BCUT2D eigenvalue weighted by Crippen LogP contribution is -2.52. The number of nitrogens with one attached hydrogen (secondary N) is 2. The van der Waals surface area contributed by atoms with Crippen LogP contribution in [0.2, 0.25) is 0 Å². The van der Waals surface area contributed by atoms with Crippen molar-refractivity contribution in [3.63, 3.8) is 0 Å². The third kappa shape index (κ3) is 4.59. The van der Waals surface area contributed by atoms with E-state index in [-0.39, 0.29) is 24.4 Å². The van der Waals surface area contributed by atoms with E-state index >= 15 is 0 Å². The average Bonchev–Trinajstić information content (AvgIpc) is 2.27. The lowest BCUT2D eigenvalue weighted by molar-refractivity contribution is -0.137. The van der Waals surface area contributed by atoms with Gasteiger partial charge < -0.3 is 20.5 Å². The molecule has 0 aromatic carbocycles. The van der Waals surface area contributed by atoms with E-state index in [2.05, 4.69) is 10.6 Å². The molecule has 6 heteroatoms. The summed E-state index contributed by atoms with van der Waals surface area (Å²) in [4.78, 5) is 22.0. The maximum atomic E-state index is 11.7. The fourth-order valence-electron chi connectivity index (χ4n) is 1.49. The Morgan fingerprint density at radius 3 is 2.94 bits per heavy atom. The number of hydrogen-bond acceptors (Lipinski definition) is 4. The molecule has 1 fully saturated rings. The summed E-state index contributed by atoms with van der Waals surface area (Å²) in [6, 6.07) is -0.451. The van der Waals surface area contributed by atoms with E-state index in [1.54, 1.807) is 6.92 Å². The highest BCUT2D eigenvalue weighted by Gasteiger charge is 2.22. The zero-order valence-electron chi connectivity index (χ0n) is 9.36. The first-order valence-electron chi connectivity index (χ1n) is 5.43. The number of carbonyl (C=O) groups excluding carboxylic acids is 1. The van der Waals surface area contributed by atoms with E-state index in [9.17, 15) is 9.59 Å². The molecule has 0 radical (unpaired) electrons. The fraction of sp³-hybridized carbons (Fsp3) is 0.800. The SMILES string of the molecule is CC(CCC(=O)O)NC(=O)C1COCCN1. The van der Waals surface area contributed by atoms with Crippen molar-refractivity contribution >= 4 is 11.9 Å². The van der Waals surface area contributed by atoms with E-state index in [4.69, 9.17) is 9.84 Å². The summed E-state index contributed by atoms with van der Waals surface area (Å²) in [5, 5.41) is 14.3. The molecule has 1 amide bonds. The summed E-state index contributed by atoms with van der Waals surface area (Å²) in [6.07, 6.45) is 0.505. The Balaban J connectivity index is 2.23. The summed E-state index contributed by atoms with van der Waals surface area (Å²) in [5.74, 6) is -0.974. The minimum absolute atomic E-state index is 0.0655. The number of morpholine rings is 1. The molecular formula is C10H18N2O4. The molecule has 0 spiro atoms. The summed E-state index contributed by atoms with van der Waals surface area (Å²) in [6.45, 7) is 3.46. The van der Waals surface area contributed by atoms with Crippen LogP contribution in [0.25, 0.3) is 0 Å². The largest absolute Gasteiger partial charge is 0.481 e. The van der Waals surface area contributed by atoms with Crippen LogP contribution < -0.4 is 10.6 Å². The zero-order valence-corrected chi connectivity index (χ0v) is 9.36. The van der Waals surface area contributed by atoms with E-state index in [1.165, 1.54) is 0 Å². The van der Waals surface area contributed by atoms with Gasteiger partial charge in [0, 0.05) is 19.0 Å². The van der Waals surface area contributed by atoms with Crippen LogP contribution in [-0.4, -0.2) is 48.8 Å². The summed E-state index contributed by atoms with van der Waals surface area (Å²) < 4.78 is 5.17. The van der Waals surface area contributed by atoms with Gasteiger partial charge in [-0.25, -0.2) is 0 Å². The minimum atomic E-state index is -0.847. The van der Waals surface area contributed by atoms with Crippen LogP contribution in [0.1, 0.15) is 19.8 Å². The first kappa shape index (κ1) is 12.9. The normalized spacial score (nSPS) is 22.4. The van der Waals surface area contributed by atoms with Crippen molar-refractivity contribution in [1.82, 2.24) is 10.6 Å². The minimum Gasteiger partial charge on any atom is -0.481 e. The predicted molar refractivity (Wildman–Crippen MR) is 57.1 cm³/mol. The van der Waals surface area contributed by atoms with Gasteiger partial charge in [0.1, 0.15) is 6.04 Å². The molecule has 16 heavy (non-hydrogen) atoms. The Morgan fingerprint density at radius 1 is 1.62 bits per heavy atom. The van der Waals surface area contributed by atoms with Gasteiger partial charge in [-0.3, -0.25) is 9.59 Å². The summed E-state index contributed by atoms with van der Waals surface area (Å²) in [5.41, 5.74) is 0. The Hall–Kier alpha value is -1.14. The second-order valence-corrected chi connectivity index (χ2v) is 3.92. The maximum Gasteiger partial charge on any atom is 0.303 e. The van der Waals surface area contributed by atoms with Crippen molar-refractivity contribution in [2.24, 2.45) is 0 Å². The van der Waals surface area contributed by atoms with Crippen LogP contribution in [0.5, 0.6) is 0 Å². The van der Waals surface area contributed by atoms with Crippen molar-refractivity contribution in [2.45, 2.75) is 31.8 Å². The lowest BCUT2D eigenvalue weighted by Gasteiger charge is -2.24. The van der Waals surface area contributed by atoms with Crippen LogP contribution in [0.4, 0.5) is 0 Å². The topological polar surface area (TPSA) is 87.7 Å². The molecule has 1 rings (SSSR count). The highest BCUT2D eigenvalue weighted by Crippen LogP contribution is 1.99. The Bertz CT molecular complexity index is 251. The fourth-order valence-corrected chi connectivity index (χ4v) is 1.49. The van der Waals surface area contributed by atoms with E-state index in [1.807, 2.05) is 0 Å². The molecule has 3 N–H and O–H groups in total. The Morgan fingerprint density at radius 2 is 2.38 bits per heavy atom. The second kappa shape index (κ2) is 6.44. The first-order chi connectivity index (χ1) is 7.59. The molecule has 1 heterocycles. The molecule has 6 nitrogen and oxygen atoms in total. The monoisotopic (exact) mass is 230 g/mol. The molecule has 0 aromatic heterocycles. The van der Waals surface area contributed by atoms with Crippen molar-refractivity contribution in [3.8, 4) is 0 Å². The molecular weight excluding hydrogens is 212 g/mol. The number of carboxylic acids is 1. The third-order valence-electron chi connectivity index (χ3n) is 2.42. The smallest absolute Gasteiger partial charge is 0.303 e. The van der Waals surface area contributed by atoms with Crippen molar-refractivity contribution in [2.75, 3.05) is 19.8 Å². The number of hydrogen-bond donors (Lipinski definition) is 3. The van der Waals surface area contributed by atoms with E-state index < -0.39 is 5.97 Å². The number of aliphatic carboxylic acids is 1. The van der Waals surface area contributed by atoms with Gasteiger partial charge in [0.15, 0.2) is 0 Å². The highest BCUT2D eigenvalue weighted by atomic mass is 16.5. The van der Waals surface area contributed by atoms with Crippen LogP contribution in [0, 0.1) is 0 Å². The predicted octanol–water partition coefficient (Wildman–Crippen LogP) is -0.656. The molecule has 0 aliphatic carbocycles. The molecule has 0 bridgehead atoms. The first-order valence-corrected chi connectivity index (χ1v) is 5.43. The second-order valence-electron chi connectivity index (χ2n) is 3.92. The Labute approximate surface area is 94.3 Å². The quantitative estimate of drug-likeness (QED) is 0.584. The summed E-state index contributed by atoms with van der Waals surface area (Å²) in [7, 11) is 0. The van der Waals surface area contributed by atoms with Gasteiger partial charge in [0.2, 0.25) is 5.91 Å². The van der Waals surface area contributed by atoms with Gasteiger partial charge >= 0.3 is 5.97 Å². The number of rotatable bonds is 5. The van der Waals surface area contributed by atoms with Crippen LogP contribution >= 0.6 is 0 Å². The van der Waals surface area contributed by atoms with E-state index in [0.717, 1.165) is 0 Å². The molecule has 0 saturated carbocycles. The molecule has 1 aliphatic heterocycles. The third-order valence-corrected chi connectivity index (χ3v) is 2.42. The van der Waals surface area contributed by atoms with Gasteiger partial charge in [0.05, 0.1) is 13.2 Å². The highest BCUT2D eigenvalue weighted by molar-refractivity contribution is 5.82. The number of carbonyl (C=O) groups is 2. The molecule has 0 aromatic rings. The van der Waals surface area contributed by atoms with Gasteiger partial charge in [-0.1, -0.05) is 0 Å².